The predicted octanol–water partition coefficient (Wildman–Crippen LogP) is 2.32. The average molecular weight is 181 g/mol. The summed E-state index contributed by atoms with van der Waals surface area (Å²) in [6.45, 7) is 2.01. The number of ether oxygens (including phenoxy) is 1. The Morgan fingerprint density at radius 1 is 1.62 bits per heavy atom. The quantitative estimate of drug-likeness (QED) is 0.667. The van der Waals surface area contributed by atoms with Crippen LogP contribution in [0.25, 0.3) is 0 Å². The third-order valence-electron chi connectivity index (χ3n) is 2.09. The van der Waals surface area contributed by atoms with Gasteiger partial charge in [0.15, 0.2) is 5.75 Å². The molecule has 1 saturated carbocycles. The number of nitrogens with zero attached hydrogens (tertiary/aromatic N) is 1. The van der Waals surface area contributed by atoms with Crippen molar-refractivity contribution >= 4 is 0 Å². The van der Waals surface area contributed by atoms with Crippen LogP contribution >= 0.6 is 0 Å². The van der Waals surface area contributed by atoms with E-state index in [9.17, 15) is 4.39 Å². The lowest BCUT2D eigenvalue weighted by atomic mass is 10.2. The largest absolute Gasteiger partial charge is 0.486 e. The van der Waals surface area contributed by atoms with E-state index in [2.05, 4.69) is 4.98 Å². The summed E-state index contributed by atoms with van der Waals surface area (Å²) in [4.78, 5) is 3.64. The molecule has 2 rings (SSSR count). The van der Waals surface area contributed by atoms with E-state index >= 15 is 0 Å². The van der Waals surface area contributed by atoms with Crippen LogP contribution in [-0.4, -0.2) is 11.1 Å². The molecule has 0 radical (unpaired) electrons. The summed E-state index contributed by atoms with van der Waals surface area (Å²) in [6, 6.07) is 1.74. The number of halogens is 1. The van der Waals surface area contributed by atoms with Gasteiger partial charge >= 0.3 is 0 Å². The molecule has 0 unspecified atom stereocenters. The second-order valence-corrected chi connectivity index (χ2v) is 3.30. The van der Waals surface area contributed by atoms with Gasteiger partial charge in [-0.2, -0.15) is 4.39 Å². The summed E-state index contributed by atoms with van der Waals surface area (Å²) in [5.41, 5.74) is 1.01. The first kappa shape index (κ1) is 8.48. The molecular formula is C10H12FNO. The van der Waals surface area contributed by atoms with E-state index in [1.807, 2.05) is 6.92 Å². The number of aryl methyl sites for hydroxylation is 1. The third kappa shape index (κ3) is 1.97. The van der Waals surface area contributed by atoms with Crippen molar-refractivity contribution in [3.63, 3.8) is 0 Å². The van der Waals surface area contributed by atoms with Crippen LogP contribution in [0.5, 0.6) is 5.75 Å². The number of rotatable bonds is 3. The minimum Gasteiger partial charge on any atom is -0.486 e. The maximum atomic E-state index is 13.1. The van der Waals surface area contributed by atoms with Gasteiger partial charge < -0.3 is 4.74 Å². The molecule has 0 atom stereocenters. The van der Waals surface area contributed by atoms with E-state index in [1.54, 1.807) is 12.3 Å². The van der Waals surface area contributed by atoms with Crippen molar-refractivity contribution in [2.45, 2.75) is 32.3 Å². The monoisotopic (exact) mass is 181 g/mol. The standard InChI is InChI=1S/C10H12FNO/c1-2-7-5-9(10(11)12-6-7)13-8-3-4-8/h5-6,8H,2-4H2,1H3. The zero-order valence-corrected chi connectivity index (χ0v) is 7.59. The van der Waals surface area contributed by atoms with Crippen LogP contribution in [0.3, 0.4) is 0 Å². The maximum Gasteiger partial charge on any atom is 0.255 e. The lowest BCUT2D eigenvalue weighted by Crippen LogP contribution is -2.00. The van der Waals surface area contributed by atoms with Crippen molar-refractivity contribution in [1.82, 2.24) is 4.98 Å². The van der Waals surface area contributed by atoms with Gasteiger partial charge in [-0.05, 0) is 30.9 Å². The van der Waals surface area contributed by atoms with Crippen molar-refractivity contribution in [3.8, 4) is 5.75 Å². The Bertz CT molecular complexity index is 310. The van der Waals surface area contributed by atoms with Crippen molar-refractivity contribution in [3.05, 3.63) is 23.8 Å². The molecule has 13 heavy (non-hydrogen) atoms. The molecule has 1 aromatic rings. The molecule has 1 fully saturated rings. The van der Waals surface area contributed by atoms with Gasteiger partial charge in [-0.15, -0.1) is 0 Å². The Morgan fingerprint density at radius 2 is 2.38 bits per heavy atom. The molecule has 1 heterocycles. The fourth-order valence-electron chi connectivity index (χ4n) is 1.11. The van der Waals surface area contributed by atoms with Crippen molar-refractivity contribution in [1.29, 1.82) is 0 Å². The Balaban J connectivity index is 2.19. The number of hydrogen-bond donors (Lipinski definition) is 0. The molecule has 2 nitrogen and oxygen atoms in total. The highest BCUT2D eigenvalue weighted by atomic mass is 19.1. The summed E-state index contributed by atoms with van der Waals surface area (Å²) < 4.78 is 18.4. The second kappa shape index (κ2) is 3.32. The van der Waals surface area contributed by atoms with Crippen LogP contribution in [0.2, 0.25) is 0 Å². The van der Waals surface area contributed by atoms with Gasteiger partial charge in [0.05, 0.1) is 6.10 Å². The highest BCUT2D eigenvalue weighted by molar-refractivity contribution is 5.25. The van der Waals surface area contributed by atoms with E-state index < -0.39 is 5.95 Å². The average Bonchev–Trinajstić information content (AvgIpc) is 2.93. The maximum absolute atomic E-state index is 13.1. The molecule has 0 aromatic carbocycles. The zero-order valence-electron chi connectivity index (χ0n) is 7.59. The molecule has 0 spiro atoms. The summed E-state index contributed by atoms with van der Waals surface area (Å²) >= 11 is 0. The highest BCUT2D eigenvalue weighted by Crippen LogP contribution is 2.28. The van der Waals surface area contributed by atoms with Gasteiger partial charge in [0, 0.05) is 6.20 Å². The molecular weight excluding hydrogens is 169 g/mol. The molecule has 0 saturated heterocycles. The molecule has 1 aliphatic carbocycles. The Morgan fingerprint density at radius 3 is 3.00 bits per heavy atom. The predicted molar refractivity (Wildman–Crippen MR) is 47.2 cm³/mol. The Hall–Kier alpha value is -1.12. The zero-order chi connectivity index (χ0) is 9.26. The molecule has 1 aromatic heterocycles. The van der Waals surface area contributed by atoms with Crippen molar-refractivity contribution < 1.29 is 9.13 Å². The van der Waals surface area contributed by atoms with Crippen LogP contribution in [0, 0.1) is 5.95 Å². The van der Waals surface area contributed by atoms with Gasteiger partial charge in [0.1, 0.15) is 0 Å². The second-order valence-electron chi connectivity index (χ2n) is 3.30. The van der Waals surface area contributed by atoms with E-state index in [0.717, 1.165) is 24.8 Å². The van der Waals surface area contributed by atoms with Gasteiger partial charge in [0.25, 0.3) is 5.95 Å². The minimum absolute atomic E-state index is 0.225. The molecule has 0 bridgehead atoms. The molecule has 3 heteroatoms. The fourth-order valence-corrected chi connectivity index (χ4v) is 1.11. The Kier molecular flexibility index (Phi) is 2.17. The lowest BCUT2D eigenvalue weighted by molar-refractivity contribution is 0.283. The number of pyridine rings is 1. The normalized spacial score (nSPS) is 15.8. The van der Waals surface area contributed by atoms with Crippen LogP contribution in [0.15, 0.2) is 12.3 Å². The molecule has 0 amide bonds. The number of hydrogen-bond acceptors (Lipinski definition) is 2. The van der Waals surface area contributed by atoms with Gasteiger partial charge in [-0.25, -0.2) is 4.98 Å². The van der Waals surface area contributed by atoms with Crippen LogP contribution in [-0.2, 0) is 6.42 Å². The topological polar surface area (TPSA) is 22.1 Å². The van der Waals surface area contributed by atoms with Gasteiger partial charge in [-0.3, -0.25) is 0 Å². The first-order valence-electron chi connectivity index (χ1n) is 4.60. The smallest absolute Gasteiger partial charge is 0.255 e. The van der Waals surface area contributed by atoms with Crippen molar-refractivity contribution in [2.24, 2.45) is 0 Å². The lowest BCUT2D eigenvalue weighted by Gasteiger charge is -2.05. The first-order valence-corrected chi connectivity index (χ1v) is 4.60. The number of aromatic nitrogens is 1. The SMILES string of the molecule is CCc1cnc(F)c(OC2CC2)c1. The van der Waals surface area contributed by atoms with Crippen LogP contribution in [0.1, 0.15) is 25.3 Å². The van der Waals surface area contributed by atoms with Crippen LogP contribution in [0.4, 0.5) is 4.39 Å². The van der Waals surface area contributed by atoms with E-state index in [0.29, 0.717) is 5.75 Å². The third-order valence-corrected chi connectivity index (χ3v) is 2.09. The fraction of sp³-hybridized carbons (Fsp3) is 0.500. The summed E-state index contributed by atoms with van der Waals surface area (Å²) in [5.74, 6) is -0.189. The van der Waals surface area contributed by atoms with E-state index in [-0.39, 0.29) is 6.10 Å². The van der Waals surface area contributed by atoms with Crippen LogP contribution < -0.4 is 4.74 Å². The molecule has 0 N–H and O–H groups in total. The summed E-state index contributed by atoms with van der Waals surface area (Å²) in [5, 5.41) is 0. The molecule has 70 valence electrons. The highest BCUT2D eigenvalue weighted by Gasteiger charge is 2.25. The first-order chi connectivity index (χ1) is 6.29. The molecule has 0 aliphatic heterocycles. The summed E-state index contributed by atoms with van der Waals surface area (Å²) in [7, 11) is 0. The summed E-state index contributed by atoms with van der Waals surface area (Å²) in [6.07, 6.45) is 4.71. The Labute approximate surface area is 76.7 Å². The van der Waals surface area contributed by atoms with Gasteiger partial charge in [0.2, 0.25) is 0 Å². The minimum atomic E-state index is -0.496. The van der Waals surface area contributed by atoms with Crippen molar-refractivity contribution in [2.75, 3.05) is 0 Å². The molecule has 1 aliphatic rings. The van der Waals surface area contributed by atoms with Gasteiger partial charge in [-0.1, -0.05) is 6.92 Å². The van der Waals surface area contributed by atoms with E-state index in [4.69, 9.17) is 4.74 Å². The van der Waals surface area contributed by atoms with E-state index in [1.165, 1.54) is 0 Å².